The van der Waals surface area contributed by atoms with Gasteiger partial charge in [-0.15, -0.1) is 0 Å². The number of hydrogen-bond acceptors (Lipinski definition) is 0. The Morgan fingerprint density at radius 3 is 1.57 bits per heavy atom. The van der Waals surface area contributed by atoms with Crippen molar-refractivity contribution in [2.75, 3.05) is 0 Å². The molecule has 0 saturated carbocycles. The molecule has 0 atom stereocenters. The summed E-state index contributed by atoms with van der Waals surface area (Å²) in [4.78, 5) is 0. The van der Waals surface area contributed by atoms with Crippen molar-refractivity contribution in [1.82, 2.24) is 4.57 Å². The molecule has 0 radical (unpaired) electrons. The van der Waals surface area contributed by atoms with Crippen LogP contribution in [0.4, 0.5) is 0 Å². The van der Waals surface area contributed by atoms with E-state index in [9.17, 15) is 0 Å². The number of hydrogen-bond donors (Lipinski definition) is 0. The molecule has 1 heterocycles. The third-order valence-corrected chi connectivity index (χ3v) is 4.96. The summed E-state index contributed by atoms with van der Waals surface area (Å²) in [6, 6.07) is 26.4. The van der Waals surface area contributed by atoms with Crippen molar-refractivity contribution in [3.8, 4) is 0 Å². The lowest BCUT2D eigenvalue weighted by Crippen LogP contribution is -1.92. The van der Waals surface area contributed by atoms with Crippen LogP contribution in [-0.4, -0.2) is 4.57 Å². The molecule has 5 aromatic rings. The molecule has 1 heteroatoms. The van der Waals surface area contributed by atoms with Gasteiger partial charge in [-0.1, -0.05) is 60.7 Å². The fourth-order valence-corrected chi connectivity index (χ4v) is 3.97. The number of aryl methyl sites for hydroxylation is 1. The summed E-state index contributed by atoms with van der Waals surface area (Å²) in [5.74, 6) is 0. The molecule has 0 spiro atoms. The molecule has 23 heavy (non-hydrogen) atoms. The molecule has 0 amide bonds. The Morgan fingerprint density at radius 2 is 1.09 bits per heavy atom. The summed E-state index contributed by atoms with van der Waals surface area (Å²) in [6.45, 7) is 3.21. The van der Waals surface area contributed by atoms with Crippen LogP contribution in [0.1, 0.15) is 6.92 Å². The molecule has 0 fully saturated rings. The Bertz CT molecular complexity index is 1100. The standard InChI is InChI=1S/C22H17N/c1-2-23-19-13-11-15-7-3-5-9-17(15)21(19)22-18-10-6-4-8-16(18)12-14-20(22)23/h3-14H,2H2,1H3. The van der Waals surface area contributed by atoms with Crippen LogP contribution >= 0.6 is 0 Å². The molecule has 0 aliphatic heterocycles. The number of benzene rings is 4. The molecule has 1 nitrogen and oxygen atoms in total. The fourth-order valence-electron chi connectivity index (χ4n) is 3.97. The van der Waals surface area contributed by atoms with Crippen LogP contribution in [0.3, 0.4) is 0 Å². The van der Waals surface area contributed by atoms with Crippen LogP contribution in [0.15, 0.2) is 72.8 Å². The highest BCUT2D eigenvalue weighted by Gasteiger charge is 2.14. The van der Waals surface area contributed by atoms with Gasteiger partial charge in [-0.25, -0.2) is 0 Å². The lowest BCUT2D eigenvalue weighted by Gasteiger charge is -2.04. The zero-order chi connectivity index (χ0) is 15.4. The van der Waals surface area contributed by atoms with Crippen molar-refractivity contribution in [3.63, 3.8) is 0 Å². The van der Waals surface area contributed by atoms with Gasteiger partial charge in [0.05, 0.1) is 0 Å². The van der Waals surface area contributed by atoms with Crippen LogP contribution in [0.25, 0.3) is 43.4 Å². The Morgan fingerprint density at radius 1 is 0.609 bits per heavy atom. The minimum atomic E-state index is 0.983. The van der Waals surface area contributed by atoms with E-state index >= 15 is 0 Å². The highest BCUT2D eigenvalue weighted by molar-refractivity contribution is 6.27. The van der Waals surface area contributed by atoms with Gasteiger partial charge in [0, 0.05) is 28.4 Å². The van der Waals surface area contributed by atoms with Gasteiger partial charge in [0.25, 0.3) is 0 Å². The summed E-state index contributed by atoms with van der Waals surface area (Å²) < 4.78 is 2.43. The zero-order valence-electron chi connectivity index (χ0n) is 13.1. The Kier molecular flexibility index (Phi) is 2.54. The highest BCUT2D eigenvalue weighted by Crippen LogP contribution is 2.38. The lowest BCUT2D eigenvalue weighted by atomic mass is 10.00. The first kappa shape index (κ1) is 12.7. The van der Waals surface area contributed by atoms with Gasteiger partial charge in [0.2, 0.25) is 0 Å². The second-order valence-corrected chi connectivity index (χ2v) is 6.11. The molecule has 0 saturated heterocycles. The van der Waals surface area contributed by atoms with Crippen LogP contribution < -0.4 is 0 Å². The van der Waals surface area contributed by atoms with Gasteiger partial charge in [0.1, 0.15) is 0 Å². The first-order valence-electron chi connectivity index (χ1n) is 8.20. The smallest absolute Gasteiger partial charge is 0.0498 e. The second kappa shape index (κ2) is 4.60. The van der Waals surface area contributed by atoms with E-state index in [-0.39, 0.29) is 0 Å². The topological polar surface area (TPSA) is 4.93 Å². The monoisotopic (exact) mass is 295 g/mol. The highest BCUT2D eigenvalue weighted by atomic mass is 15.0. The quantitative estimate of drug-likeness (QED) is 0.351. The molecule has 4 aromatic carbocycles. The van der Waals surface area contributed by atoms with Crippen molar-refractivity contribution < 1.29 is 0 Å². The molecule has 0 unspecified atom stereocenters. The van der Waals surface area contributed by atoms with E-state index in [1.54, 1.807) is 0 Å². The Balaban J connectivity index is 2.19. The van der Waals surface area contributed by atoms with E-state index in [2.05, 4.69) is 84.3 Å². The molecular formula is C22H17N. The minimum Gasteiger partial charge on any atom is -0.341 e. The molecule has 0 aliphatic rings. The first-order chi connectivity index (χ1) is 11.4. The van der Waals surface area contributed by atoms with Crippen LogP contribution in [0, 0.1) is 0 Å². The molecule has 5 rings (SSSR count). The molecule has 0 N–H and O–H groups in total. The zero-order valence-corrected chi connectivity index (χ0v) is 13.1. The van der Waals surface area contributed by atoms with E-state index in [1.807, 2.05) is 0 Å². The van der Waals surface area contributed by atoms with Gasteiger partial charge >= 0.3 is 0 Å². The van der Waals surface area contributed by atoms with Crippen molar-refractivity contribution in [2.24, 2.45) is 0 Å². The number of aromatic nitrogens is 1. The van der Waals surface area contributed by atoms with Crippen molar-refractivity contribution in [1.29, 1.82) is 0 Å². The molecule has 0 bridgehead atoms. The van der Waals surface area contributed by atoms with Crippen LogP contribution in [0.2, 0.25) is 0 Å². The average molecular weight is 295 g/mol. The fraction of sp³-hybridized carbons (Fsp3) is 0.0909. The van der Waals surface area contributed by atoms with E-state index < -0.39 is 0 Å². The van der Waals surface area contributed by atoms with E-state index in [1.165, 1.54) is 43.4 Å². The van der Waals surface area contributed by atoms with Crippen molar-refractivity contribution in [3.05, 3.63) is 72.8 Å². The predicted molar refractivity (Wildman–Crippen MR) is 100 cm³/mol. The lowest BCUT2D eigenvalue weighted by molar-refractivity contribution is 0.827. The van der Waals surface area contributed by atoms with Crippen LogP contribution in [0.5, 0.6) is 0 Å². The average Bonchev–Trinajstić information content (AvgIpc) is 2.96. The second-order valence-electron chi connectivity index (χ2n) is 6.11. The van der Waals surface area contributed by atoms with Gasteiger partial charge in [-0.2, -0.15) is 0 Å². The third-order valence-electron chi connectivity index (χ3n) is 4.96. The minimum absolute atomic E-state index is 0.983. The maximum absolute atomic E-state index is 2.43. The van der Waals surface area contributed by atoms with Crippen LogP contribution in [-0.2, 0) is 6.54 Å². The largest absolute Gasteiger partial charge is 0.341 e. The molecule has 1 aromatic heterocycles. The van der Waals surface area contributed by atoms with E-state index in [0.717, 1.165) is 6.54 Å². The summed E-state index contributed by atoms with van der Waals surface area (Å²) in [7, 11) is 0. The molecule has 110 valence electrons. The van der Waals surface area contributed by atoms with E-state index in [4.69, 9.17) is 0 Å². The maximum Gasteiger partial charge on any atom is 0.0498 e. The number of nitrogens with zero attached hydrogens (tertiary/aromatic N) is 1. The van der Waals surface area contributed by atoms with E-state index in [0.29, 0.717) is 0 Å². The normalized spacial score (nSPS) is 11.9. The molecular weight excluding hydrogens is 278 g/mol. The van der Waals surface area contributed by atoms with Crippen molar-refractivity contribution >= 4 is 43.4 Å². The first-order valence-corrected chi connectivity index (χ1v) is 8.20. The summed E-state index contributed by atoms with van der Waals surface area (Å²) in [5, 5.41) is 8.08. The van der Waals surface area contributed by atoms with Gasteiger partial charge < -0.3 is 4.57 Å². The number of fused-ring (bicyclic) bond motifs is 7. The SMILES string of the molecule is CCn1c2ccc3ccccc3c2c2c3ccccc3ccc21. The van der Waals surface area contributed by atoms with Gasteiger partial charge in [0.15, 0.2) is 0 Å². The third kappa shape index (κ3) is 1.62. The maximum atomic E-state index is 2.43. The summed E-state index contributed by atoms with van der Waals surface area (Å²) in [5.41, 5.74) is 2.66. The van der Waals surface area contributed by atoms with Gasteiger partial charge in [-0.05, 0) is 40.6 Å². The van der Waals surface area contributed by atoms with Crippen molar-refractivity contribution in [2.45, 2.75) is 13.5 Å². The van der Waals surface area contributed by atoms with Gasteiger partial charge in [-0.3, -0.25) is 0 Å². The number of rotatable bonds is 1. The summed E-state index contributed by atoms with van der Waals surface area (Å²) >= 11 is 0. The Hall–Kier alpha value is -2.80. The Labute approximate surface area is 134 Å². The predicted octanol–water partition coefficient (Wildman–Crippen LogP) is 6.12. The summed E-state index contributed by atoms with van der Waals surface area (Å²) in [6.07, 6.45) is 0. The molecule has 0 aliphatic carbocycles.